The fourth-order valence-electron chi connectivity index (χ4n) is 1.75. The first-order chi connectivity index (χ1) is 8.45. The van der Waals surface area contributed by atoms with Crippen LogP contribution in [0, 0.1) is 0 Å². The van der Waals surface area contributed by atoms with E-state index in [1.807, 2.05) is 0 Å². The van der Waals surface area contributed by atoms with Crippen LogP contribution in [-0.4, -0.2) is 32.5 Å². The van der Waals surface area contributed by atoms with Crippen molar-refractivity contribution in [3.8, 4) is 5.88 Å². The van der Waals surface area contributed by atoms with Crippen molar-refractivity contribution in [3.05, 3.63) is 12.0 Å². The van der Waals surface area contributed by atoms with E-state index in [2.05, 4.69) is 9.97 Å². The van der Waals surface area contributed by atoms with E-state index in [9.17, 15) is 14.4 Å². The van der Waals surface area contributed by atoms with Gasteiger partial charge < -0.3 is 15.5 Å². The number of carbonyl (C=O) groups excluding carboxylic acids is 3. The van der Waals surface area contributed by atoms with Crippen LogP contribution in [0.2, 0.25) is 0 Å². The Morgan fingerprint density at radius 2 is 2.28 bits per heavy atom. The number of carbonyl (C=O) groups is 3. The first-order valence-corrected chi connectivity index (χ1v) is 5.60. The number of hydrogen-bond donors (Lipinski definition) is 2. The molecule has 1 saturated carbocycles. The summed E-state index contributed by atoms with van der Waals surface area (Å²) in [5.41, 5.74) is 4.90. The molecule has 1 unspecified atom stereocenters. The van der Waals surface area contributed by atoms with E-state index in [0.717, 1.165) is 6.33 Å². The third-order valence-corrected chi connectivity index (χ3v) is 3.29. The molecule has 1 aromatic rings. The maximum absolute atomic E-state index is 11.8. The van der Waals surface area contributed by atoms with Gasteiger partial charge in [0.05, 0.1) is 6.33 Å². The molecule has 2 rings (SSSR count). The Kier molecular flexibility index (Phi) is 3.08. The Balaban J connectivity index is 2.19. The number of nitrogens with zero attached hydrogens (tertiary/aromatic N) is 1. The van der Waals surface area contributed by atoms with E-state index < -0.39 is 16.8 Å². The van der Waals surface area contributed by atoms with Crippen LogP contribution in [0.15, 0.2) is 6.33 Å². The number of nitrogens with one attached hydrogen (secondary N) is 1. The Morgan fingerprint density at radius 1 is 1.56 bits per heavy atom. The van der Waals surface area contributed by atoms with Crippen molar-refractivity contribution in [2.24, 2.45) is 5.73 Å². The average Bonchev–Trinajstić information content (AvgIpc) is 2.88. The number of primary amides is 1. The summed E-state index contributed by atoms with van der Waals surface area (Å²) in [6, 6.07) is 0. The lowest BCUT2D eigenvalue weighted by molar-refractivity contribution is -0.141. The summed E-state index contributed by atoms with van der Waals surface area (Å²) in [4.78, 5) is 38.8. The number of H-pyrrole nitrogens is 1. The fraction of sp³-hybridized carbons (Fsp3) is 0.400. The zero-order valence-corrected chi connectivity index (χ0v) is 9.99. The van der Waals surface area contributed by atoms with E-state index in [1.54, 1.807) is 0 Å². The van der Waals surface area contributed by atoms with Gasteiger partial charge in [0.2, 0.25) is 0 Å². The van der Waals surface area contributed by atoms with Gasteiger partial charge in [0, 0.05) is 6.42 Å². The number of aromatic amines is 1. The molecule has 0 radical (unpaired) electrons. The van der Waals surface area contributed by atoms with Gasteiger partial charge in [0.1, 0.15) is 0 Å². The summed E-state index contributed by atoms with van der Waals surface area (Å²) in [5, 5.41) is 0. The van der Waals surface area contributed by atoms with E-state index in [-0.39, 0.29) is 30.2 Å². The van der Waals surface area contributed by atoms with E-state index in [4.69, 9.17) is 22.1 Å². The van der Waals surface area contributed by atoms with Gasteiger partial charge in [-0.1, -0.05) is 11.6 Å². The van der Waals surface area contributed by atoms with Gasteiger partial charge in [-0.25, -0.2) is 9.78 Å². The molecule has 1 amide bonds. The van der Waals surface area contributed by atoms with Crippen LogP contribution in [0.5, 0.6) is 5.88 Å². The van der Waals surface area contributed by atoms with Crippen molar-refractivity contribution >= 4 is 29.3 Å². The van der Waals surface area contributed by atoms with Crippen molar-refractivity contribution in [2.45, 2.75) is 24.1 Å². The van der Waals surface area contributed by atoms with E-state index >= 15 is 0 Å². The molecule has 0 spiro atoms. The predicted molar refractivity (Wildman–Crippen MR) is 60.2 cm³/mol. The molecule has 1 aromatic heterocycles. The van der Waals surface area contributed by atoms with Crippen LogP contribution >= 0.6 is 11.6 Å². The van der Waals surface area contributed by atoms with E-state index in [1.165, 1.54) is 0 Å². The standard InChI is InChI=1S/C10H10ClN3O4/c11-10(3-1-2-5(10)15)9(17)18-8-6(7(12)16)13-4-14-8/h4H,1-3H2,(H2,12,16)(H,13,14). The number of ketones is 1. The molecule has 0 saturated heterocycles. The lowest BCUT2D eigenvalue weighted by Gasteiger charge is -2.16. The minimum Gasteiger partial charge on any atom is -0.403 e. The van der Waals surface area contributed by atoms with Gasteiger partial charge in [-0.3, -0.25) is 9.59 Å². The molecule has 96 valence electrons. The largest absolute Gasteiger partial charge is 0.403 e. The minimum atomic E-state index is -1.67. The van der Waals surface area contributed by atoms with Gasteiger partial charge in [-0.2, -0.15) is 0 Å². The van der Waals surface area contributed by atoms with Crippen LogP contribution < -0.4 is 10.5 Å². The van der Waals surface area contributed by atoms with Crippen molar-refractivity contribution in [1.29, 1.82) is 0 Å². The van der Waals surface area contributed by atoms with Crippen LogP contribution in [0.1, 0.15) is 29.8 Å². The molecule has 18 heavy (non-hydrogen) atoms. The lowest BCUT2D eigenvalue weighted by atomic mass is 10.1. The lowest BCUT2D eigenvalue weighted by Crippen LogP contribution is -2.40. The normalized spacial score (nSPS) is 23.1. The topological polar surface area (TPSA) is 115 Å². The molecule has 8 heteroatoms. The number of esters is 1. The molecule has 1 aliphatic carbocycles. The number of imidazole rings is 1. The minimum absolute atomic E-state index is 0.144. The summed E-state index contributed by atoms with van der Waals surface area (Å²) in [5.74, 6) is -2.41. The smallest absolute Gasteiger partial charge is 0.341 e. The number of hydrogen-bond acceptors (Lipinski definition) is 5. The van der Waals surface area contributed by atoms with Gasteiger partial charge in [-0.05, 0) is 12.8 Å². The predicted octanol–water partition coefficient (Wildman–Crippen LogP) is 0.145. The van der Waals surface area contributed by atoms with Crippen LogP contribution in [0.3, 0.4) is 0 Å². The molecule has 1 atom stereocenters. The van der Waals surface area contributed by atoms with Crippen molar-refractivity contribution < 1.29 is 19.1 Å². The monoisotopic (exact) mass is 271 g/mol. The Morgan fingerprint density at radius 3 is 2.83 bits per heavy atom. The van der Waals surface area contributed by atoms with Crippen molar-refractivity contribution in [2.75, 3.05) is 0 Å². The van der Waals surface area contributed by atoms with Gasteiger partial charge >= 0.3 is 5.97 Å². The first kappa shape index (κ1) is 12.6. The number of Topliss-reactive ketones (excluding diaryl/α,β-unsaturated/α-hetero) is 1. The second-order valence-electron chi connectivity index (χ2n) is 3.91. The molecule has 1 fully saturated rings. The van der Waals surface area contributed by atoms with E-state index in [0.29, 0.717) is 6.42 Å². The average molecular weight is 272 g/mol. The van der Waals surface area contributed by atoms with Gasteiger partial charge in [0.15, 0.2) is 16.4 Å². The van der Waals surface area contributed by atoms with Crippen molar-refractivity contribution in [1.82, 2.24) is 9.97 Å². The maximum Gasteiger partial charge on any atom is 0.341 e. The quantitative estimate of drug-likeness (QED) is 0.461. The highest BCUT2D eigenvalue weighted by molar-refractivity contribution is 6.46. The highest BCUT2D eigenvalue weighted by Crippen LogP contribution is 2.34. The molecule has 0 aliphatic heterocycles. The summed E-state index contributed by atoms with van der Waals surface area (Å²) in [6.07, 6.45) is 2.13. The van der Waals surface area contributed by atoms with Gasteiger partial charge in [-0.15, -0.1) is 0 Å². The van der Waals surface area contributed by atoms with Crippen molar-refractivity contribution in [3.63, 3.8) is 0 Å². The SMILES string of the molecule is NC(=O)c1[nH]cnc1OC(=O)C1(Cl)CCCC1=O. The fourth-order valence-corrected chi connectivity index (χ4v) is 2.02. The zero-order valence-electron chi connectivity index (χ0n) is 9.23. The number of nitrogens with two attached hydrogens (primary N) is 1. The Hall–Kier alpha value is -1.89. The molecule has 0 bridgehead atoms. The molecular formula is C10H10ClN3O4. The highest BCUT2D eigenvalue weighted by atomic mass is 35.5. The third kappa shape index (κ3) is 1.97. The first-order valence-electron chi connectivity index (χ1n) is 5.23. The zero-order chi connectivity index (χ0) is 13.3. The number of amides is 1. The molecule has 7 nitrogen and oxygen atoms in total. The van der Waals surface area contributed by atoms with Crippen LogP contribution in [-0.2, 0) is 9.59 Å². The second kappa shape index (κ2) is 4.41. The van der Waals surface area contributed by atoms with Crippen LogP contribution in [0.4, 0.5) is 0 Å². The maximum atomic E-state index is 11.8. The Labute approximate surface area is 107 Å². The highest BCUT2D eigenvalue weighted by Gasteiger charge is 2.49. The number of rotatable bonds is 3. The molecular weight excluding hydrogens is 262 g/mol. The molecule has 0 aromatic carbocycles. The second-order valence-corrected chi connectivity index (χ2v) is 4.56. The summed E-state index contributed by atoms with van der Waals surface area (Å²) >= 11 is 5.94. The Bertz CT molecular complexity index is 527. The molecule has 3 N–H and O–H groups in total. The molecule has 1 heterocycles. The summed E-state index contributed by atoms with van der Waals surface area (Å²) in [7, 11) is 0. The van der Waals surface area contributed by atoms with Crippen LogP contribution in [0.25, 0.3) is 0 Å². The summed E-state index contributed by atoms with van der Waals surface area (Å²) < 4.78 is 4.87. The summed E-state index contributed by atoms with van der Waals surface area (Å²) in [6.45, 7) is 0. The van der Waals surface area contributed by atoms with Gasteiger partial charge in [0.25, 0.3) is 11.8 Å². The molecule has 1 aliphatic rings. The number of alkyl halides is 1. The number of halogens is 1. The number of aromatic nitrogens is 2. The third-order valence-electron chi connectivity index (χ3n) is 2.73. The number of ether oxygens (including phenoxy) is 1.